The Morgan fingerprint density at radius 1 is 1.24 bits per heavy atom. The van der Waals surface area contributed by atoms with Gasteiger partial charge in [0.1, 0.15) is 0 Å². The van der Waals surface area contributed by atoms with Crippen molar-refractivity contribution in [3.63, 3.8) is 0 Å². The summed E-state index contributed by atoms with van der Waals surface area (Å²) in [6.45, 7) is 0. The molecule has 21 heavy (non-hydrogen) atoms. The highest BCUT2D eigenvalue weighted by atomic mass is 35.5. The van der Waals surface area contributed by atoms with Gasteiger partial charge in [0.05, 0.1) is 6.42 Å². The van der Waals surface area contributed by atoms with Crippen molar-refractivity contribution in [2.24, 2.45) is 0 Å². The molecule has 0 radical (unpaired) electrons. The summed E-state index contributed by atoms with van der Waals surface area (Å²) >= 11 is 5.92. The van der Waals surface area contributed by atoms with Crippen molar-refractivity contribution in [3.05, 3.63) is 64.2 Å². The SMILES string of the molecule is CNC(Cc1ccc(Cl)cc1)c1ccc2c(c1)CC(=O)N2. The molecule has 4 heteroatoms. The van der Waals surface area contributed by atoms with E-state index in [4.69, 9.17) is 11.6 Å². The van der Waals surface area contributed by atoms with E-state index in [0.717, 1.165) is 22.7 Å². The maximum atomic E-state index is 11.4. The number of fused-ring (bicyclic) bond motifs is 1. The third-order valence-corrected chi connectivity index (χ3v) is 4.11. The molecule has 108 valence electrons. The van der Waals surface area contributed by atoms with E-state index in [1.165, 1.54) is 11.1 Å². The highest BCUT2D eigenvalue weighted by Crippen LogP contribution is 2.28. The van der Waals surface area contributed by atoms with Gasteiger partial charge >= 0.3 is 0 Å². The molecule has 0 aliphatic carbocycles. The van der Waals surface area contributed by atoms with Crippen molar-refractivity contribution in [1.29, 1.82) is 0 Å². The minimum absolute atomic E-state index is 0.0702. The molecule has 0 fully saturated rings. The van der Waals surface area contributed by atoms with E-state index in [-0.39, 0.29) is 11.9 Å². The fourth-order valence-electron chi connectivity index (χ4n) is 2.71. The summed E-state index contributed by atoms with van der Waals surface area (Å²) in [5.74, 6) is 0.0702. The van der Waals surface area contributed by atoms with Crippen molar-refractivity contribution in [2.45, 2.75) is 18.9 Å². The van der Waals surface area contributed by atoms with Crippen LogP contribution in [0.25, 0.3) is 0 Å². The van der Waals surface area contributed by atoms with Gasteiger partial charge in [-0.3, -0.25) is 4.79 Å². The molecule has 3 rings (SSSR count). The second-order valence-corrected chi connectivity index (χ2v) is 5.75. The van der Waals surface area contributed by atoms with Gasteiger partial charge < -0.3 is 10.6 Å². The molecule has 1 heterocycles. The molecule has 1 amide bonds. The molecule has 0 aromatic heterocycles. The minimum Gasteiger partial charge on any atom is -0.326 e. The Hall–Kier alpha value is -1.84. The number of benzene rings is 2. The summed E-state index contributed by atoms with van der Waals surface area (Å²) in [5, 5.41) is 6.96. The van der Waals surface area contributed by atoms with Crippen LogP contribution in [0.4, 0.5) is 5.69 Å². The zero-order chi connectivity index (χ0) is 14.8. The molecule has 2 aromatic carbocycles. The number of halogens is 1. The van der Waals surface area contributed by atoms with Crippen molar-refractivity contribution < 1.29 is 4.79 Å². The Morgan fingerprint density at radius 3 is 2.71 bits per heavy atom. The van der Waals surface area contributed by atoms with Crippen LogP contribution in [0.2, 0.25) is 5.02 Å². The number of carbonyl (C=O) groups excluding carboxylic acids is 1. The first kappa shape index (κ1) is 14.1. The molecule has 1 unspecified atom stereocenters. The monoisotopic (exact) mass is 300 g/mol. The highest BCUT2D eigenvalue weighted by molar-refractivity contribution is 6.30. The number of nitrogens with one attached hydrogen (secondary N) is 2. The molecule has 2 aromatic rings. The summed E-state index contributed by atoms with van der Waals surface area (Å²) < 4.78 is 0. The Labute approximate surface area is 129 Å². The zero-order valence-corrected chi connectivity index (χ0v) is 12.6. The van der Waals surface area contributed by atoms with E-state index in [1.54, 1.807) is 0 Å². The maximum absolute atomic E-state index is 11.4. The third-order valence-electron chi connectivity index (χ3n) is 3.86. The Kier molecular flexibility index (Phi) is 3.95. The lowest BCUT2D eigenvalue weighted by Gasteiger charge is -2.18. The van der Waals surface area contributed by atoms with Crippen LogP contribution < -0.4 is 10.6 Å². The van der Waals surface area contributed by atoms with Gasteiger partial charge in [-0.1, -0.05) is 35.9 Å². The Morgan fingerprint density at radius 2 is 2.00 bits per heavy atom. The lowest BCUT2D eigenvalue weighted by molar-refractivity contribution is -0.115. The van der Waals surface area contributed by atoms with Crippen LogP contribution in [0.1, 0.15) is 22.7 Å². The standard InChI is InChI=1S/C17H17ClN2O/c1-19-16(8-11-2-5-14(18)6-3-11)12-4-7-15-13(9-12)10-17(21)20-15/h2-7,9,16,19H,8,10H2,1H3,(H,20,21). The fraction of sp³-hybridized carbons (Fsp3) is 0.235. The minimum atomic E-state index is 0.0702. The van der Waals surface area contributed by atoms with Crippen LogP contribution in [-0.4, -0.2) is 13.0 Å². The zero-order valence-electron chi connectivity index (χ0n) is 11.8. The van der Waals surface area contributed by atoms with E-state index in [1.807, 2.05) is 37.4 Å². The Balaban J connectivity index is 1.82. The molecule has 3 nitrogen and oxygen atoms in total. The molecule has 0 saturated heterocycles. The van der Waals surface area contributed by atoms with E-state index in [9.17, 15) is 4.79 Å². The maximum Gasteiger partial charge on any atom is 0.228 e. The van der Waals surface area contributed by atoms with Gasteiger partial charge in [0.2, 0.25) is 5.91 Å². The average Bonchev–Trinajstić information content (AvgIpc) is 2.85. The van der Waals surface area contributed by atoms with Crippen molar-refractivity contribution in [2.75, 3.05) is 12.4 Å². The number of carbonyl (C=O) groups is 1. The van der Waals surface area contributed by atoms with Gasteiger partial charge in [-0.15, -0.1) is 0 Å². The summed E-state index contributed by atoms with van der Waals surface area (Å²) in [4.78, 5) is 11.4. The van der Waals surface area contributed by atoms with E-state index < -0.39 is 0 Å². The van der Waals surface area contributed by atoms with Crippen LogP contribution in [0.5, 0.6) is 0 Å². The number of hydrogen-bond acceptors (Lipinski definition) is 2. The summed E-state index contributed by atoms with van der Waals surface area (Å²) in [6.07, 6.45) is 1.36. The average molecular weight is 301 g/mol. The third kappa shape index (κ3) is 3.09. The van der Waals surface area contributed by atoms with E-state index >= 15 is 0 Å². The molecule has 0 spiro atoms. The van der Waals surface area contributed by atoms with Gasteiger partial charge in [-0.2, -0.15) is 0 Å². The largest absolute Gasteiger partial charge is 0.326 e. The molecule has 1 aliphatic rings. The Bertz CT molecular complexity index is 667. The van der Waals surface area contributed by atoms with Crippen molar-refractivity contribution >= 4 is 23.2 Å². The molecule has 1 atom stereocenters. The number of rotatable bonds is 4. The second kappa shape index (κ2) is 5.88. The first-order valence-electron chi connectivity index (χ1n) is 7.00. The predicted molar refractivity (Wildman–Crippen MR) is 85.7 cm³/mol. The van der Waals surface area contributed by atoms with Gasteiger partial charge in [0, 0.05) is 16.8 Å². The summed E-state index contributed by atoms with van der Waals surface area (Å²) in [7, 11) is 1.96. The molecule has 0 bridgehead atoms. The first-order chi connectivity index (χ1) is 10.2. The summed E-state index contributed by atoms with van der Waals surface area (Å²) in [5.41, 5.74) is 4.44. The molecule has 1 aliphatic heterocycles. The van der Waals surface area contributed by atoms with Crippen LogP contribution in [0.3, 0.4) is 0 Å². The molecule has 0 saturated carbocycles. The molecular formula is C17H17ClN2O. The van der Waals surface area contributed by atoms with Gasteiger partial charge in [-0.05, 0) is 48.4 Å². The predicted octanol–water partition coefficient (Wildman–Crippen LogP) is 3.34. The summed E-state index contributed by atoms with van der Waals surface area (Å²) in [6, 6.07) is 14.3. The quantitative estimate of drug-likeness (QED) is 0.909. The van der Waals surface area contributed by atoms with Gasteiger partial charge in [-0.25, -0.2) is 0 Å². The van der Waals surface area contributed by atoms with Crippen molar-refractivity contribution in [1.82, 2.24) is 5.32 Å². The molecule has 2 N–H and O–H groups in total. The first-order valence-corrected chi connectivity index (χ1v) is 7.38. The highest BCUT2D eigenvalue weighted by Gasteiger charge is 2.19. The van der Waals surface area contributed by atoms with Gasteiger partial charge in [0.15, 0.2) is 0 Å². The van der Waals surface area contributed by atoms with Crippen molar-refractivity contribution in [3.8, 4) is 0 Å². The normalized spacial score (nSPS) is 14.7. The van der Waals surface area contributed by atoms with Gasteiger partial charge in [0.25, 0.3) is 0 Å². The number of anilines is 1. The topological polar surface area (TPSA) is 41.1 Å². The second-order valence-electron chi connectivity index (χ2n) is 5.31. The van der Waals surface area contributed by atoms with Crippen LogP contribution in [-0.2, 0) is 17.6 Å². The fourth-order valence-corrected chi connectivity index (χ4v) is 2.83. The lowest BCUT2D eigenvalue weighted by Crippen LogP contribution is -2.19. The van der Waals surface area contributed by atoms with Crippen LogP contribution in [0, 0.1) is 0 Å². The van der Waals surface area contributed by atoms with Crippen LogP contribution >= 0.6 is 11.6 Å². The number of likely N-dealkylation sites (N-methyl/N-ethyl adjacent to an activating group) is 1. The number of hydrogen-bond donors (Lipinski definition) is 2. The lowest BCUT2D eigenvalue weighted by atomic mass is 9.97. The van der Waals surface area contributed by atoms with E-state index in [0.29, 0.717) is 6.42 Å². The van der Waals surface area contributed by atoms with Crippen LogP contribution in [0.15, 0.2) is 42.5 Å². The smallest absolute Gasteiger partial charge is 0.228 e. The molecular weight excluding hydrogens is 284 g/mol. The van der Waals surface area contributed by atoms with E-state index in [2.05, 4.69) is 22.8 Å². The number of amides is 1.